The molecule has 3 aromatic rings. The molecule has 2 aromatic carbocycles. The van der Waals surface area contributed by atoms with E-state index in [1.165, 1.54) is 19.5 Å². The Morgan fingerprint density at radius 1 is 1.00 bits per heavy atom. The smallest absolute Gasteiger partial charge is 0.311 e. The van der Waals surface area contributed by atoms with Gasteiger partial charge in [-0.15, -0.1) is 0 Å². The summed E-state index contributed by atoms with van der Waals surface area (Å²) in [5.41, 5.74) is 9.15. The number of methoxy groups -OCH3 is 1. The average molecular weight is 447 g/mol. The summed E-state index contributed by atoms with van der Waals surface area (Å²) in [5.74, 6) is -1.35. The van der Waals surface area contributed by atoms with Crippen molar-refractivity contribution in [3.63, 3.8) is 0 Å². The molecule has 0 bridgehead atoms. The van der Waals surface area contributed by atoms with Crippen molar-refractivity contribution in [3.8, 4) is 11.1 Å². The normalized spacial score (nSPS) is 12.4. The molecule has 0 aliphatic heterocycles. The molecule has 33 heavy (non-hydrogen) atoms. The van der Waals surface area contributed by atoms with Crippen LogP contribution in [0.4, 0.5) is 0 Å². The number of nitrogens with two attached hydrogens (primary N) is 1. The van der Waals surface area contributed by atoms with Crippen LogP contribution in [0.3, 0.4) is 0 Å². The van der Waals surface area contributed by atoms with E-state index in [2.05, 4.69) is 5.32 Å². The Labute approximate surface area is 192 Å². The van der Waals surface area contributed by atoms with Crippen molar-refractivity contribution < 1.29 is 19.1 Å². The predicted molar refractivity (Wildman–Crippen MR) is 124 cm³/mol. The highest BCUT2D eigenvalue weighted by molar-refractivity contribution is 5.95. The van der Waals surface area contributed by atoms with Crippen LogP contribution in [0.15, 0.2) is 73.1 Å². The second-order valence-electron chi connectivity index (χ2n) is 7.73. The Hall–Kier alpha value is -4.20. The molecular formula is C25H26N4O4. The zero-order chi connectivity index (χ0) is 24.0. The first-order valence-electron chi connectivity index (χ1n) is 10.4. The fourth-order valence-corrected chi connectivity index (χ4v) is 3.50. The fraction of sp³-hybridized carbons (Fsp3) is 0.200. The molecule has 8 nitrogen and oxygen atoms in total. The van der Waals surface area contributed by atoms with Crippen molar-refractivity contribution in [3.05, 3.63) is 95.0 Å². The molecular weight excluding hydrogens is 420 g/mol. The number of hydrogen-bond donors (Lipinski definition) is 3. The van der Waals surface area contributed by atoms with E-state index in [4.69, 9.17) is 15.9 Å². The van der Waals surface area contributed by atoms with Gasteiger partial charge in [-0.1, -0.05) is 36.4 Å². The molecule has 2 atom stereocenters. The number of nitrogens with zero attached hydrogens (tertiary/aromatic N) is 1. The minimum Gasteiger partial charge on any atom is -0.619 e. The summed E-state index contributed by atoms with van der Waals surface area (Å²) >= 11 is 0. The van der Waals surface area contributed by atoms with Gasteiger partial charge in [0.2, 0.25) is 0 Å². The van der Waals surface area contributed by atoms with Gasteiger partial charge in [0, 0.05) is 29.3 Å². The number of ether oxygens (including phenoxy) is 1. The maximum Gasteiger partial charge on any atom is 0.311 e. The van der Waals surface area contributed by atoms with E-state index < -0.39 is 17.9 Å². The molecule has 0 unspecified atom stereocenters. The number of pyridine rings is 1. The first kappa shape index (κ1) is 23.5. The van der Waals surface area contributed by atoms with Crippen LogP contribution < -0.4 is 15.8 Å². The summed E-state index contributed by atoms with van der Waals surface area (Å²) in [5, 5.41) is 21.6. The van der Waals surface area contributed by atoms with Crippen molar-refractivity contribution in [1.82, 2.24) is 5.32 Å². The number of rotatable bonds is 8. The van der Waals surface area contributed by atoms with Crippen molar-refractivity contribution >= 4 is 17.7 Å². The van der Waals surface area contributed by atoms with Crippen molar-refractivity contribution in [2.45, 2.75) is 19.4 Å². The molecule has 3 rings (SSSR count). The number of carbonyl (C=O) groups excluding carboxylic acids is 2. The number of amidine groups is 1. The molecule has 1 heterocycles. The highest BCUT2D eigenvalue weighted by atomic mass is 16.5. The van der Waals surface area contributed by atoms with Crippen LogP contribution >= 0.6 is 0 Å². The van der Waals surface area contributed by atoms with Crippen LogP contribution in [-0.2, 0) is 16.0 Å². The standard InChI is InChI=1S/C25H26N4O4/c1-16(22(25(31)33-2)15-17-3-5-20(6-4-17)23(26)27)28-24(30)21-9-7-18(8-10-21)19-11-13-29(32)14-12-19/h3-14,16,22H,15H2,1-2H3,(H3,26,27)(H,28,30)/t16-,22-/m1/s1. The quantitative estimate of drug-likeness (QED) is 0.161. The molecule has 0 spiro atoms. The SMILES string of the molecule is COC(=O)[C@H](Cc1ccc(C(=N)N)cc1)[C@@H](C)NC(=O)c1ccc(-c2cc[n+]([O-])cc2)cc1. The number of aromatic nitrogens is 1. The van der Waals surface area contributed by atoms with E-state index in [0.717, 1.165) is 16.7 Å². The average Bonchev–Trinajstić information content (AvgIpc) is 2.82. The Morgan fingerprint density at radius 3 is 2.09 bits per heavy atom. The zero-order valence-electron chi connectivity index (χ0n) is 18.4. The van der Waals surface area contributed by atoms with E-state index in [-0.39, 0.29) is 11.7 Å². The van der Waals surface area contributed by atoms with E-state index >= 15 is 0 Å². The lowest BCUT2D eigenvalue weighted by molar-refractivity contribution is -0.605. The Bertz CT molecular complexity index is 1130. The van der Waals surface area contributed by atoms with Crippen molar-refractivity contribution in [2.75, 3.05) is 7.11 Å². The highest BCUT2D eigenvalue weighted by Crippen LogP contribution is 2.19. The lowest BCUT2D eigenvalue weighted by Crippen LogP contribution is -2.42. The molecule has 1 amide bonds. The topological polar surface area (TPSA) is 132 Å². The summed E-state index contributed by atoms with van der Waals surface area (Å²) in [6.07, 6.45) is 3.19. The Kier molecular flexibility index (Phi) is 7.40. The lowest BCUT2D eigenvalue weighted by atomic mass is 9.92. The summed E-state index contributed by atoms with van der Waals surface area (Å²) < 4.78 is 5.67. The molecule has 4 N–H and O–H groups in total. The maximum absolute atomic E-state index is 12.8. The van der Waals surface area contributed by atoms with Crippen LogP contribution in [0.25, 0.3) is 11.1 Å². The number of benzene rings is 2. The molecule has 0 aliphatic rings. The monoisotopic (exact) mass is 446 g/mol. The second kappa shape index (κ2) is 10.4. The van der Waals surface area contributed by atoms with E-state index in [1.54, 1.807) is 67.6 Å². The zero-order valence-corrected chi connectivity index (χ0v) is 18.4. The van der Waals surface area contributed by atoms with Gasteiger partial charge in [-0.25, -0.2) is 0 Å². The first-order valence-corrected chi connectivity index (χ1v) is 10.4. The van der Waals surface area contributed by atoms with Crippen LogP contribution in [0, 0.1) is 16.5 Å². The maximum atomic E-state index is 12.8. The summed E-state index contributed by atoms with van der Waals surface area (Å²) in [4.78, 5) is 25.2. The molecule has 0 aliphatic carbocycles. The largest absolute Gasteiger partial charge is 0.619 e. The van der Waals surface area contributed by atoms with Gasteiger partial charge in [0.15, 0.2) is 12.4 Å². The van der Waals surface area contributed by atoms with Gasteiger partial charge < -0.3 is 21.0 Å². The third-order valence-electron chi connectivity index (χ3n) is 5.47. The van der Waals surface area contributed by atoms with Gasteiger partial charge >= 0.3 is 5.97 Å². The lowest BCUT2D eigenvalue weighted by Gasteiger charge is -2.23. The minimum absolute atomic E-state index is 0.0287. The summed E-state index contributed by atoms with van der Waals surface area (Å²) in [6.45, 7) is 1.76. The van der Waals surface area contributed by atoms with Gasteiger partial charge in [0.1, 0.15) is 5.84 Å². The number of esters is 1. The molecule has 170 valence electrons. The number of hydrogen-bond acceptors (Lipinski definition) is 5. The van der Waals surface area contributed by atoms with Gasteiger partial charge in [0.25, 0.3) is 5.91 Å². The summed E-state index contributed by atoms with van der Waals surface area (Å²) in [7, 11) is 1.32. The van der Waals surface area contributed by atoms with Gasteiger partial charge in [-0.2, -0.15) is 4.73 Å². The van der Waals surface area contributed by atoms with Crippen LogP contribution in [0.1, 0.15) is 28.4 Å². The third kappa shape index (κ3) is 5.94. The number of amides is 1. The Morgan fingerprint density at radius 2 is 1.55 bits per heavy atom. The van der Waals surface area contributed by atoms with Gasteiger partial charge in [0.05, 0.1) is 13.0 Å². The van der Waals surface area contributed by atoms with E-state index in [9.17, 15) is 14.8 Å². The molecule has 0 fully saturated rings. The number of carbonyl (C=O) groups is 2. The molecule has 0 radical (unpaired) electrons. The molecule has 8 heteroatoms. The van der Waals surface area contributed by atoms with Gasteiger partial charge in [-0.05, 0) is 42.2 Å². The highest BCUT2D eigenvalue weighted by Gasteiger charge is 2.28. The van der Waals surface area contributed by atoms with Gasteiger partial charge in [-0.3, -0.25) is 15.0 Å². The van der Waals surface area contributed by atoms with E-state index in [0.29, 0.717) is 22.3 Å². The summed E-state index contributed by atoms with van der Waals surface area (Å²) in [6, 6.07) is 17.0. The number of nitrogens with one attached hydrogen (secondary N) is 2. The van der Waals surface area contributed by atoms with Crippen LogP contribution in [-0.4, -0.2) is 30.9 Å². The third-order valence-corrected chi connectivity index (χ3v) is 5.47. The van der Waals surface area contributed by atoms with Crippen molar-refractivity contribution in [2.24, 2.45) is 11.7 Å². The molecule has 0 saturated carbocycles. The van der Waals surface area contributed by atoms with Crippen molar-refractivity contribution in [1.29, 1.82) is 5.41 Å². The molecule has 0 saturated heterocycles. The predicted octanol–water partition coefficient (Wildman–Crippen LogP) is 2.42. The van der Waals surface area contributed by atoms with Crippen LogP contribution in [0.2, 0.25) is 0 Å². The second-order valence-corrected chi connectivity index (χ2v) is 7.73. The Balaban J connectivity index is 1.69. The molecule has 1 aromatic heterocycles. The van der Waals surface area contributed by atoms with E-state index in [1.807, 2.05) is 0 Å². The first-order chi connectivity index (χ1) is 15.8. The fourth-order valence-electron chi connectivity index (χ4n) is 3.50. The minimum atomic E-state index is -0.593. The number of nitrogen functional groups attached to an aromatic ring is 1. The van der Waals surface area contributed by atoms with Crippen LogP contribution in [0.5, 0.6) is 0 Å².